The van der Waals surface area contributed by atoms with E-state index in [4.69, 9.17) is 5.73 Å². The first-order valence-electron chi connectivity index (χ1n) is 5.21. The molecule has 0 aliphatic carbocycles. The van der Waals surface area contributed by atoms with Gasteiger partial charge in [-0.1, -0.05) is 19.1 Å². The van der Waals surface area contributed by atoms with Crippen LogP contribution in [0.2, 0.25) is 0 Å². The van der Waals surface area contributed by atoms with E-state index in [1.165, 1.54) is 0 Å². The summed E-state index contributed by atoms with van der Waals surface area (Å²) in [4.78, 5) is 15.8. The fourth-order valence-electron chi connectivity index (χ4n) is 1.44. The minimum Gasteiger partial charge on any atom is -0.320 e. The van der Waals surface area contributed by atoms with Gasteiger partial charge in [0.2, 0.25) is 0 Å². The molecule has 17 heavy (non-hydrogen) atoms. The number of aromatic nitrogens is 2. The normalized spacial score (nSPS) is 11.9. The van der Waals surface area contributed by atoms with Crippen LogP contribution in [0.3, 0.4) is 0 Å². The molecule has 92 valence electrons. The van der Waals surface area contributed by atoms with Crippen molar-refractivity contribution in [3.8, 4) is 0 Å². The van der Waals surface area contributed by atoms with Gasteiger partial charge in [0.25, 0.3) is 5.91 Å². The summed E-state index contributed by atoms with van der Waals surface area (Å²) in [5, 5.41) is 0. The van der Waals surface area contributed by atoms with Gasteiger partial charge in [-0.2, -0.15) is 0 Å². The van der Waals surface area contributed by atoms with Crippen molar-refractivity contribution in [1.82, 2.24) is 9.66 Å². The molecular formula is C11H15ClN4O. The molecule has 0 saturated heterocycles. The highest BCUT2D eigenvalue weighted by atomic mass is 35.5. The number of carbonyl (C=O) groups excluding carboxylic acids is 1. The van der Waals surface area contributed by atoms with Gasteiger partial charge in [-0.05, 0) is 18.6 Å². The standard InChI is InChI=1S/C11H14N4O.ClH/c1-2-8(12)11(16)14-15-7-13-9-5-3-4-6-10(9)15;/h3-8H,2,12H2,1H3,(H,14,16);1H. The number of benzene rings is 1. The first-order valence-corrected chi connectivity index (χ1v) is 5.21. The maximum atomic E-state index is 11.6. The van der Waals surface area contributed by atoms with Crippen LogP contribution in [-0.4, -0.2) is 21.6 Å². The number of rotatable bonds is 3. The Morgan fingerprint density at radius 1 is 1.53 bits per heavy atom. The van der Waals surface area contributed by atoms with Crippen molar-refractivity contribution >= 4 is 29.3 Å². The van der Waals surface area contributed by atoms with E-state index in [1.54, 1.807) is 11.0 Å². The minimum atomic E-state index is -0.485. The molecule has 5 nitrogen and oxygen atoms in total. The fourth-order valence-corrected chi connectivity index (χ4v) is 1.44. The Morgan fingerprint density at radius 3 is 2.94 bits per heavy atom. The molecule has 0 radical (unpaired) electrons. The number of nitrogens with zero attached hydrogens (tertiary/aromatic N) is 2. The highest BCUT2D eigenvalue weighted by Gasteiger charge is 2.11. The molecule has 0 saturated carbocycles. The number of nitrogens with one attached hydrogen (secondary N) is 1. The lowest BCUT2D eigenvalue weighted by Gasteiger charge is -2.10. The van der Waals surface area contributed by atoms with Crippen LogP contribution in [0.15, 0.2) is 30.6 Å². The van der Waals surface area contributed by atoms with Crippen molar-refractivity contribution in [2.45, 2.75) is 19.4 Å². The Labute approximate surface area is 105 Å². The van der Waals surface area contributed by atoms with E-state index in [0.717, 1.165) is 11.0 Å². The molecule has 1 heterocycles. The maximum absolute atomic E-state index is 11.6. The summed E-state index contributed by atoms with van der Waals surface area (Å²) in [6.45, 7) is 1.87. The van der Waals surface area contributed by atoms with Crippen molar-refractivity contribution in [3.63, 3.8) is 0 Å². The summed E-state index contributed by atoms with van der Waals surface area (Å²) in [5.41, 5.74) is 10.0. The van der Waals surface area contributed by atoms with Crippen LogP contribution in [0.1, 0.15) is 13.3 Å². The van der Waals surface area contributed by atoms with E-state index in [9.17, 15) is 4.79 Å². The average Bonchev–Trinajstić information content (AvgIpc) is 2.72. The summed E-state index contributed by atoms with van der Waals surface area (Å²) >= 11 is 0. The average molecular weight is 255 g/mol. The van der Waals surface area contributed by atoms with Gasteiger partial charge < -0.3 is 5.73 Å². The van der Waals surface area contributed by atoms with Gasteiger partial charge in [0, 0.05) is 0 Å². The van der Waals surface area contributed by atoms with Crippen LogP contribution in [0.5, 0.6) is 0 Å². The van der Waals surface area contributed by atoms with Crippen molar-refractivity contribution < 1.29 is 4.79 Å². The summed E-state index contributed by atoms with van der Waals surface area (Å²) < 4.78 is 1.59. The molecule has 1 unspecified atom stereocenters. The molecule has 0 aliphatic rings. The molecule has 1 aromatic carbocycles. The van der Waals surface area contributed by atoms with E-state index >= 15 is 0 Å². The summed E-state index contributed by atoms with van der Waals surface area (Å²) in [6.07, 6.45) is 2.18. The first-order chi connectivity index (χ1) is 7.72. The third-order valence-electron chi connectivity index (χ3n) is 2.46. The lowest BCUT2D eigenvalue weighted by Crippen LogP contribution is -2.38. The van der Waals surface area contributed by atoms with E-state index < -0.39 is 6.04 Å². The molecule has 2 aromatic rings. The first kappa shape index (κ1) is 13.5. The third kappa shape index (κ3) is 2.75. The quantitative estimate of drug-likeness (QED) is 0.866. The molecule has 1 atom stereocenters. The van der Waals surface area contributed by atoms with Gasteiger partial charge in [0.1, 0.15) is 6.33 Å². The number of carbonyl (C=O) groups is 1. The van der Waals surface area contributed by atoms with Gasteiger partial charge in [0.05, 0.1) is 17.1 Å². The summed E-state index contributed by atoms with van der Waals surface area (Å²) in [5.74, 6) is -0.203. The van der Waals surface area contributed by atoms with Crippen LogP contribution >= 0.6 is 12.4 Å². The van der Waals surface area contributed by atoms with Gasteiger partial charge in [-0.3, -0.25) is 10.2 Å². The van der Waals surface area contributed by atoms with Crippen molar-refractivity contribution in [1.29, 1.82) is 0 Å². The molecule has 2 rings (SSSR count). The molecular weight excluding hydrogens is 240 g/mol. The van der Waals surface area contributed by atoms with E-state index in [0.29, 0.717) is 6.42 Å². The van der Waals surface area contributed by atoms with Crippen LogP contribution in [0, 0.1) is 0 Å². The van der Waals surface area contributed by atoms with Gasteiger partial charge >= 0.3 is 0 Å². The van der Waals surface area contributed by atoms with Gasteiger partial charge in [-0.25, -0.2) is 9.66 Å². The van der Waals surface area contributed by atoms with Gasteiger partial charge in [-0.15, -0.1) is 12.4 Å². The fraction of sp³-hybridized carbons (Fsp3) is 0.273. The number of amides is 1. The van der Waals surface area contributed by atoms with Crippen molar-refractivity contribution in [2.75, 3.05) is 5.43 Å². The van der Waals surface area contributed by atoms with Crippen LogP contribution in [0.25, 0.3) is 11.0 Å². The largest absolute Gasteiger partial charge is 0.320 e. The Morgan fingerprint density at radius 2 is 2.24 bits per heavy atom. The lowest BCUT2D eigenvalue weighted by atomic mass is 10.2. The number of halogens is 1. The van der Waals surface area contributed by atoms with E-state index in [1.807, 2.05) is 31.2 Å². The number of imidazole rings is 1. The number of hydrogen-bond acceptors (Lipinski definition) is 3. The summed E-state index contributed by atoms with van der Waals surface area (Å²) in [6, 6.07) is 7.09. The molecule has 0 bridgehead atoms. The zero-order valence-corrected chi connectivity index (χ0v) is 10.3. The molecule has 0 fully saturated rings. The molecule has 0 spiro atoms. The Bertz CT molecular complexity index is 511. The summed E-state index contributed by atoms with van der Waals surface area (Å²) in [7, 11) is 0. The Kier molecular flexibility index (Phi) is 4.48. The molecule has 6 heteroatoms. The minimum absolute atomic E-state index is 0. The second kappa shape index (κ2) is 5.65. The maximum Gasteiger partial charge on any atom is 0.255 e. The molecule has 0 aliphatic heterocycles. The lowest BCUT2D eigenvalue weighted by molar-refractivity contribution is -0.118. The number of fused-ring (bicyclic) bond motifs is 1. The monoisotopic (exact) mass is 254 g/mol. The van der Waals surface area contributed by atoms with Crippen LogP contribution in [0.4, 0.5) is 0 Å². The Balaban J connectivity index is 0.00000144. The molecule has 1 amide bonds. The second-order valence-corrected chi connectivity index (χ2v) is 3.59. The smallest absolute Gasteiger partial charge is 0.255 e. The number of para-hydroxylation sites is 2. The Hall–Kier alpha value is -1.59. The zero-order chi connectivity index (χ0) is 11.5. The predicted octanol–water partition coefficient (Wildman–Crippen LogP) is 1.27. The zero-order valence-electron chi connectivity index (χ0n) is 9.46. The molecule has 1 aromatic heterocycles. The van der Waals surface area contributed by atoms with Crippen LogP contribution < -0.4 is 11.2 Å². The highest BCUT2D eigenvalue weighted by molar-refractivity contribution is 5.90. The third-order valence-corrected chi connectivity index (χ3v) is 2.46. The van der Waals surface area contributed by atoms with E-state index in [2.05, 4.69) is 10.4 Å². The van der Waals surface area contributed by atoms with Gasteiger partial charge in [0.15, 0.2) is 0 Å². The van der Waals surface area contributed by atoms with Crippen LogP contribution in [-0.2, 0) is 4.79 Å². The highest BCUT2D eigenvalue weighted by Crippen LogP contribution is 2.09. The number of nitrogens with two attached hydrogens (primary N) is 1. The molecule has 3 N–H and O–H groups in total. The number of hydrogen-bond donors (Lipinski definition) is 2. The van der Waals surface area contributed by atoms with E-state index in [-0.39, 0.29) is 18.3 Å². The van der Waals surface area contributed by atoms with Crippen molar-refractivity contribution in [3.05, 3.63) is 30.6 Å². The predicted molar refractivity (Wildman–Crippen MR) is 69.6 cm³/mol. The van der Waals surface area contributed by atoms with Crippen molar-refractivity contribution in [2.24, 2.45) is 5.73 Å². The SMILES string of the molecule is CCC(N)C(=O)Nn1cnc2ccccc21.Cl. The second-order valence-electron chi connectivity index (χ2n) is 3.59. The topological polar surface area (TPSA) is 72.9 Å².